The van der Waals surface area contributed by atoms with Crippen molar-refractivity contribution >= 4 is 21.9 Å². The average molecular weight is 375 g/mol. The van der Waals surface area contributed by atoms with Gasteiger partial charge in [0.15, 0.2) is 0 Å². The van der Waals surface area contributed by atoms with E-state index in [9.17, 15) is 9.18 Å². The van der Waals surface area contributed by atoms with Gasteiger partial charge in [-0.05, 0) is 40.7 Å². The number of hydrogen-bond donors (Lipinski definition) is 1. The Hall–Kier alpha value is -1.02. The molecule has 0 aromatic heterocycles. The van der Waals surface area contributed by atoms with Gasteiger partial charge < -0.3 is 9.84 Å². The van der Waals surface area contributed by atoms with Crippen LogP contribution >= 0.6 is 15.9 Å². The van der Waals surface area contributed by atoms with Gasteiger partial charge in [0.2, 0.25) is 0 Å². The number of carboxylic acids is 1. The summed E-state index contributed by atoms with van der Waals surface area (Å²) < 4.78 is 19.7. The molecule has 1 unspecified atom stereocenters. The minimum atomic E-state index is -0.847. The molecule has 5 nitrogen and oxygen atoms in total. The van der Waals surface area contributed by atoms with Crippen molar-refractivity contribution < 1.29 is 19.0 Å². The number of nitrogens with zero attached hydrogens (tertiary/aromatic N) is 2. The molecule has 1 aromatic carbocycles. The second-order valence-corrected chi connectivity index (χ2v) is 6.42. The van der Waals surface area contributed by atoms with Crippen molar-refractivity contribution in [1.29, 1.82) is 0 Å². The van der Waals surface area contributed by atoms with Gasteiger partial charge in [-0.3, -0.25) is 14.6 Å². The fraction of sp³-hybridized carbons (Fsp3) is 0.533. The molecule has 2 rings (SSSR count). The van der Waals surface area contributed by atoms with Crippen LogP contribution in [0.5, 0.6) is 0 Å². The number of ether oxygens (including phenoxy) is 1. The van der Waals surface area contributed by atoms with Gasteiger partial charge in [-0.15, -0.1) is 0 Å². The van der Waals surface area contributed by atoms with Crippen molar-refractivity contribution in [2.75, 3.05) is 39.8 Å². The first kappa shape index (κ1) is 17.3. The molecule has 1 atom stereocenters. The zero-order chi connectivity index (χ0) is 16.1. The molecule has 0 bridgehead atoms. The predicted octanol–water partition coefficient (Wildman–Crippen LogP) is 1.81. The third kappa shape index (κ3) is 5.31. The summed E-state index contributed by atoms with van der Waals surface area (Å²) in [6.45, 7) is 3.32. The maximum atomic E-state index is 13.6. The van der Waals surface area contributed by atoms with E-state index in [1.54, 1.807) is 18.0 Å². The minimum Gasteiger partial charge on any atom is -0.480 e. The van der Waals surface area contributed by atoms with Gasteiger partial charge >= 0.3 is 5.97 Å². The molecule has 0 amide bonds. The van der Waals surface area contributed by atoms with Crippen molar-refractivity contribution in [3.63, 3.8) is 0 Å². The van der Waals surface area contributed by atoms with Gasteiger partial charge in [0.05, 0.1) is 23.7 Å². The van der Waals surface area contributed by atoms with E-state index < -0.39 is 5.97 Å². The van der Waals surface area contributed by atoms with Crippen molar-refractivity contribution in [3.8, 4) is 0 Å². The summed E-state index contributed by atoms with van der Waals surface area (Å²) in [6.07, 6.45) is -0.0293. The average Bonchev–Trinajstić information content (AvgIpc) is 2.42. The van der Waals surface area contributed by atoms with Crippen molar-refractivity contribution in [2.24, 2.45) is 0 Å². The van der Waals surface area contributed by atoms with E-state index in [2.05, 4.69) is 20.8 Å². The topological polar surface area (TPSA) is 53.0 Å². The quantitative estimate of drug-likeness (QED) is 0.822. The van der Waals surface area contributed by atoms with Gasteiger partial charge in [0.1, 0.15) is 5.82 Å². The molecule has 1 saturated heterocycles. The van der Waals surface area contributed by atoms with Crippen LogP contribution in [0.4, 0.5) is 4.39 Å². The highest BCUT2D eigenvalue weighted by molar-refractivity contribution is 9.10. The van der Waals surface area contributed by atoms with Crippen LogP contribution < -0.4 is 0 Å². The highest BCUT2D eigenvalue weighted by Crippen LogP contribution is 2.18. The van der Waals surface area contributed by atoms with Crippen LogP contribution in [0, 0.1) is 5.82 Å². The van der Waals surface area contributed by atoms with Crippen molar-refractivity contribution in [2.45, 2.75) is 12.6 Å². The van der Waals surface area contributed by atoms with Crippen LogP contribution in [0.25, 0.3) is 0 Å². The number of morpholine rings is 1. The number of aliphatic carboxylic acids is 1. The molecule has 7 heteroatoms. The number of hydrogen-bond acceptors (Lipinski definition) is 4. The lowest BCUT2D eigenvalue weighted by molar-refractivity contribution is -0.138. The molecule has 1 aromatic rings. The molecule has 22 heavy (non-hydrogen) atoms. The maximum absolute atomic E-state index is 13.6. The molecule has 0 aliphatic carbocycles. The highest BCUT2D eigenvalue weighted by atomic mass is 79.9. The van der Waals surface area contributed by atoms with Gasteiger partial charge in [-0.1, -0.05) is 6.07 Å². The third-order valence-electron chi connectivity index (χ3n) is 3.53. The van der Waals surface area contributed by atoms with E-state index in [4.69, 9.17) is 9.84 Å². The Bertz CT molecular complexity index is 530. The molecule has 0 radical (unpaired) electrons. The zero-order valence-corrected chi connectivity index (χ0v) is 14.1. The Kier molecular flexibility index (Phi) is 6.31. The fourth-order valence-electron chi connectivity index (χ4n) is 2.57. The molecule has 0 spiro atoms. The summed E-state index contributed by atoms with van der Waals surface area (Å²) in [5.41, 5.74) is 0.917. The molecular weight excluding hydrogens is 355 g/mol. The van der Waals surface area contributed by atoms with Gasteiger partial charge in [-0.25, -0.2) is 4.39 Å². The largest absolute Gasteiger partial charge is 0.480 e. The second-order valence-electron chi connectivity index (χ2n) is 5.57. The van der Waals surface area contributed by atoms with E-state index >= 15 is 0 Å². The maximum Gasteiger partial charge on any atom is 0.317 e. The van der Waals surface area contributed by atoms with Gasteiger partial charge in [0, 0.05) is 26.2 Å². The fourth-order valence-corrected chi connectivity index (χ4v) is 2.82. The number of carboxylic acid groups (broad SMARTS) is 1. The molecule has 1 aliphatic rings. The Morgan fingerprint density at radius 2 is 2.36 bits per heavy atom. The SMILES string of the molecule is CN(CC(=O)O)CC1CN(Cc2ccc(Br)c(F)c2)CCO1. The molecule has 1 fully saturated rings. The molecule has 0 saturated carbocycles. The number of likely N-dealkylation sites (N-methyl/N-ethyl adjacent to an activating group) is 1. The Labute approximate surface area is 137 Å². The molecule has 1 aliphatic heterocycles. The highest BCUT2D eigenvalue weighted by Gasteiger charge is 2.22. The van der Waals surface area contributed by atoms with Gasteiger partial charge in [0.25, 0.3) is 0 Å². The van der Waals surface area contributed by atoms with Crippen LogP contribution in [0.3, 0.4) is 0 Å². The standard InChI is InChI=1S/C15H20BrFN2O3/c1-18(10-15(20)21)8-12-9-19(4-5-22-12)7-11-2-3-13(16)14(17)6-11/h2-3,6,12H,4-5,7-10H2,1H3,(H,20,21). The van der Waals surface area contributed by atoms with E-state index in [0.29, 0.717) is 30.7 Å². The molecule has 122 valence electrons. The zero-order valence-electron chi connectivity index (χ0n) is 12.5. The summed E-state index contributed by atoms with van der Waals surface area (Å²) in [7, 11) is 1.76. The Morgan fingerprint density at radius 3 is 3.05 bits per heavy atom. The number of benzene rings is 1. The summed E-state index contributed by atoms with van der Waals surface area (Å²) in [5, 5.41) is 8.78. The first-order chi connectivity index (χ1) is 10.4. The first-order valence-corrected chi connectivity index (χ1v) is 7.91. The molecule has 1 heterocycles. The van der Waals surface area contributed by atoms with E-state index in [0.717, 1.165) is 12.1 Å². The van der Waals surface area contributed by atoms with E-state index in [1.165, 1.54) is 6.07 Å². The van der Waals surface area contributed by atoms with Crippen LogP contribution in [-0.2, 0) is 16.1 Å². The van der Waals surface area contributed by atoms with Crippen LogP contribution in [-0.4, -0.2) is 66.8 Å². The van der Waals surface area contributed by atoms with Crippen LogP contribution in [0.1, 0.15) is 5.56 Å². The normalized spacial score (nSPS) is 19.5. The lowest BCUT2D eigenvalue weighted by atomic mass is 10.2. The lowest BCUT2D eigenvalue weighted by Crippen LogP contribution is -2.47. The summed E-state index contributed by atoms with van der Waals surface area (Å²) >= 11 is 3.15. The van der Waals surface area contributed by atoms with E-state index in [-0.39, 0.29) is 18.5 Å². The number of halogens is 2. The second kappa shape index (κ2) is 8.01. The van der Waals surface area contributed by atoms with Gasteiger partial charge in [-0.2, -0.15) is 0 Å². The third-order valence-corrected chi connectivity index (χ3v) is 4.18. The number of carbonyl (C=O) groups is 1. The smallest absolute Gasteiger partial charge is 0.317 e. The summed E-state index contributed by atoms with van der Waals surface area (Å²) in [4.78, 5) is 14.6. The lowest BCUT2D eigenvalue weighted by Gasteiger charge is -2.34. The molecular formula is C15H20BrFN2O3. The molecule has 1 N–H and O–H groups in total. The summed E-state index contributed by atoms with van der Waals surface area (Å²) in [6, 6.07) is 5.14. The van der Waals surface area contributed by atoms with Crippen molar-refractivity contribution in [1.82, 2.24) is 9.80 Å². The monoisotopic (exact) mass is 374 g/mol. The Balaban J connectivity index is 1.87. The van der Waals surface area contributed by atoms with E-state index in [1.807, 2.05) is 6.07 Å². The minimum absolute atomic E-state index is 0.00220. The van der Waals surface area contributed by atoms with Crippen LogP contribution in [0.15, 0.2) is 22.7 Å². The first-order valence-electron chi connectivity index (χ1n) is 7.12. The predicted molar refractivity (Wildman–Crippen MR) is 84.2 cm³/mol. The van der Waals surface area contributed by atoms with Crippen LogP contribution in [0.2, 0.25) is 0 Å². The Morgan fingerprint density at radius 1 is 1.59 bits per heavy atom. The summed E-state index contributed by atoms with van der Waals surface area (Å²) in [5.74, 6) is -1.11. The number of rotatable bonds is 6. The van der Waals surface area contributed by atoms with Crippen molar-refractivity contribution in [3.05, 3.63) is 34.1 Å².